The molecule has 0 fully saturated rings. The van der Waals surface area contributed by atoms with Crippen molar-refractivity contribution in [3.05, 3.63) is 60.2 Å². The molecule has 7 heteroatoms. The molecule has 0 bridgehead atoms. The zero-order valence-electron chi connectivity index (χ0n) is 13.8. The third kappa shape index (κ3) is 5.82. The normalized spacial score (nSPS) is 11.3. The largest absolute Gasteiger partial charge is 0.497 e. The van der Waals surface area contributed by atoms with Crippen molar-refractivity contribution in [2.24, 2.45) is 0 Å². The highest BCUT2D eigenvalue weighted by Crippen LogP contribution is 2.15. The van der Waals surface area contributed by atoms with Crippen molar-refractivity contribution in [3.63, 3.8) is 0 Å². The van der Waals surface area contributed by atoms with Gasteiger partial charge in [-0.05, 0) is 29.8 Å². The van der Waals surface area contributed by atoms with Crippen LogP contribution in [0.25, 0.3) is 0 Å². The van der Waals surface area contributed by atoms with E-state index in [9.17, 15) is 14.7 Å². The third-order valence-electron chi connectivity index (χ3n) is 3.36. The van der Waals surface area contributed by atoms with Crippen molar-refractivity contribution in [2.75, 3.05) is 19.0 Å². The quantitative estimate of drug-likeness (QED) is 0.713. The summed E-state index contributed by atoms with van der Waals surface area (Å²) < 4.78 is 10.1. The van der Waals surface area contributed by atoms with Crippen LogP contribution in [0.2, 0.25) is 0 Å². The van der Waals surface area contributed by atoms with Gasteiger partial charge in [0.2, 0.25) is 5.91 Å². The lowest BCUT2D eigenvalue weighted by atomic mass is 10.2. The second-order valence-electron chi connectivity index (χ2n) is 5.16. The van der Waals surface area contributed by atoms with Gasteiger partial charge in [0.25, 0.3) is 0 Å². The average molecular weight is 344 g/mol. The number of carbonyl (C=O) groups excluding carboxylic acids is 2. The number of carbonyl (C=O) groups is 2. The zero-order valence-corrected chi connectivity index (χ0v) is 13.8. The fraction of sp³-hybridized carbons (Fsp3) is 0.222. The molecule has 1 unspecified atom stereocenters. The van der Waals surface area contributed by atoms with Gasteiger partial charge in [0.15, 0.2) is 0 Å². The molecule has 0 saturated heterocycles. The Morgan fingerprint density at radius 3 is 2.36 bits per heavy atom. The van der Waals surface area contributed by atoms with Crippen molar-refractivity contribution in [2.45, 2.75) is 12.6 Å². The number of anilines is 1. The molecule has 0 aliphatic carbocycles. The number of ether oxygens (including phenoxy) is 2. The minimum Gasteiger partial charge on any atom is -0.497 e. The van der Waals surface area contributed by atoms with Crippen LogP contribution in [0.3, 0.4) is 0 Å². The number of benzene rings is 2. The summed E-state index contributed by atoms with van der Waals surface area (Å²) in [5.41, 5.74) is 1.34. The molecule has 0 radical (unpaired) electrons. The maximum atomic E-state index is 12.1. The first-order chi connectivity index (χ1) is 12.1. The number of aliphatic hydroxyl groups excluding tert-OH is 1. The number of alkyl carbamates (subject to hydrolysis) is 1. The fourth-order valence-corrected chi connectivity index (χ4v) is 2.00. The first-order valence-corrected chi connectivity index (χ1v) is 7.65. The number of hydrogen-bond acceptors (Lipinski definition) is 5. The fourth-order valence-electron chi connectivity index (χ4n) is 2.00. The van der Waals surface area contributed by atoms with E-state index in [4.69, 9.17) is 9.47 Å². The number of hydrogen-bond donors (Lipinski definition) is 3. The summed E-state index contributed by atoms with van der Waals surface area (Å²) in [4.78, 5) is 23.9. The van der Waals surface area contributed by atoms with Crippen molar-refractivity contribution in [3.8, 4) is 5.75 Å². The van der Waals surface area contributed by atoms with Crippen LogP contribution in [0.1, 0.15) is 5.56 Å². The predicted molar refractivity (Wildman–Crippen MR) is 92.3 cm³/mol. The van der Waals surface area contributed by atoms with Crippen molar-refractivity contribution in [1.82, 2.24) is 5.32 Å². The van der Waals surface area contributed by atoms with Gasteiger partial charge in [0.1, 0.15) is 18.4 Å². The molecule has 0 aliphatic rings. The highest BCUT2D eigenvalue weighted by Gasteiger charge is 2.20. The van der Waals surface area contributed by atoms with Crippen LogP contribution in [-0.2, 0) is 16.1 Å². The van der Waals surface area contributed by atoms with E-state index in [0.29, 0.717) is 11.4 Å². The van der Waals surface area contributed by atoms with Gasteiger partial charge in [-0.2, -0.15) is 0 Å². The minimum atomic E-state index is -1.12. The lowest BCUT2D eigenvalue weighted by Crippen LogP contribution is -2.46. The van der Waals surface area contributed by atoms with Crippen LogP contribution in [0.4, 0.5) is 10.5 Å². The summed E-state index contributed by atoms with van der Waals surface area (Å²) in [5, 5.41) is 14.3. The van der Waals surface area contributed by atoms with Crippen LogP contribution in [0.15, 0.2) is 54.6 Å². The smallest absolute Gasteiger partial charge is 0.408 e. The molecule has 2 rings (SSSR count). The Balaban J connectivity index is 1.84. The second kappa shape index (κ2) is 9.29. The molecule has 132 valence electrons. The van der Waals surface area contributed by atoms with Gasteiger partial charge in [-0.15, -0.1) is 0 Å². The Labute approximate surface area is 145 Å². The van der Waals surface area contributed by atoms with Gasteiger partial charge in [-0.1, -0.05) is 30.3 Å². The minimum absolute atomic E-state index is 0.0743. The average Bonchev–Trinajstić information content (AvgIpc) is 2.65. The molecule has 7 nitrogen and oxygen atoms in total. The topological polar surface area (TPSA) is 96.9 Å². The Kier molecular flexibility index (Phi) is 6.79. The highest BCUT2D eigenvalue weighted by molar-refractivity contribution is 5.96. The van der Waals surface area contributed by atoms with Crippen LogP contribution < -0.4 is 15.4 Å². The summed E-state index contributed by atoms with van der Waals surface area (Å²) in [5.74, 6) is 0.101. The number of aliphatic hydroxyl groups is 1. The van der Waals surface area contributed by atoms with Crippen LogP contribution >= 0.6 is 0 Å². The van der Waals surface area contributed by atoms with Crippen LogP contribution in [0.5, 0.6) is 5.75 Å². The third-order valence-corrected chi connectivity index (χ3v) is 3.36. The van der Waals surface area contributed by atoms with Gasteiger partial charge in [-0.3, -0.25) is 4.79 Å². The van der Waals surface area contributed by atoms with Crippen molar-refractivity contribution < 1.29 is 24.2 Å². The Bertz CT molecular complexity index is 688. The molecule has 0 heterocycles. The molecule has 1 atom stereocenters. The number of nitrogens with one attached hydrogen (secondary N) is 2. The number of rotatable bonds is 7. The highest BCUT2D eigenvalue weighted by atomic mass is 16.5. The lowest BCUT2D eigenvalue weighted by Gasteiger charge is -2.16. The molecule has 2 aromatic rings. The molecule has 0 aliphatic heterocycles. The number of amides is 2. The monoisotopic (exact) mass is 344 g/mol. The van der Waals surface area contributed by atoms with Gasteiger partial charge in [0, 0.05) is 5.69 Å². The zero-order chi connectivity index (χ0) is 18.1. The van der Waals surface area contributed by atoms with Crippen molar-refractivity contribution >= 4 is 17.7 Å². The molecule has 2 amide bonds. The molecule has 3 N–H and O–H groups in total. The Hall–Kier alpha value is -3.06. The first-order valence-electron chi connectivity index (χ1n) is 7.65. The maximum Gasteiger partial charge on any atom is 0.408 e. The second-order valence-corrected chi connectivity index (χ2v) is 5.16. The number of methoxy groups -OCH3 is 1. The summed E-state index contributed by atoms with van der Waals surface area (Å²) >= 11 is 0. The molecule has 0 spiro atoms. The molecule has 25 heavy (non-hydrogen) atoms. The van der Waals surface area contributed by atoms with E-state index >= 15 is 0 Å². The van der Waals surface area contributed by atoms with E-state index < -0.39 is 24.6 Å². The van der Waals surface area contributed by atoms with Crippen molar-refractivity contribution in [1.29, 1.82) is 0 Å². The van der Waals surface area contributed by atoms with Gasteiger partial charge < -0.3 is 25.2 Å². The van der Waals surface area contributed by atoms with E-state index in [1.165, 1.54) is 0 Å². The first kappa shape index (κ1) is 18.3. The Morgan fingerprint density at radius 2 is 1.76 bits per heavy atom. The standard InChI is InChI=1S/C18H20N2O5/c1-24-15-9-7-14(8-10-15)19-17(22)16(11-21)20-18(23)25-12-13-5-3-2-4-6-13/h2-10,16,21H,11-12H2,1H3,(H,19,22)(H,20,23). The molecular formula is C18H20N2O5. The predicted octanol–water partition coefficient (Wildman–Crippen LogP) is 1.92. The van der Waals surface area contributed by atoms with E-state index in [1.54, 1.807) is 31.4 Å². The SMILES string of the molecule is COc1ccc(NC(=O)C(CO)NC(=O)OCc2ccccc2)cc1. The summed E-state index contributed by atoms with van der Waals surface area (Å²) in [6.07, 6.45) is -0.784. The molecule has 0 saturated carbocycles. The Morgan fingerprint density at radius 1 is 1.08 bits per heavy atom. The molecule has 0 aromatic heterocycles. The van der Waals surface area contributed by atoms with Gasteiger partial charge in [0.05, 0.1) is 13.7 Å². The van der Waals surface area contributed by atoms with Gasteiger partial charge >= 0.3 is 6.09 Å². The van der Waals surface area contributed by atoms with E-state index in [1.807, 2.05) is 30.3 Å². The van der Waals surface area contributed by atoms with Crippen LogP contribution in [-0.4, -0.2) is 36.9 Å². The van der Waals surface area contributed by atoms with Gasteiger partial charge in [-0.25, -0.2) is 4.79 Å². The summed E-state index contributed by atoms with van der Waals surface area (Å²) in [6, 6.07) is 14.7. The summed E-state index contributed by atoms with van der Waals surface area (Å²) in [7, 11) is 1.54. The maximum absolute atomic E-state index is 12.1. The lowest BCUT2D eigenvalue weighted by molar-refractivity contribution is -0.118. The molecular weight excluding hydrogens is 324 g/mol. The van der Waals surface area contributed by atoms with E-state index in [-0.39, 0.29) is 6.61 Å². The molecule has 2 aromatic carbocycles. The van der Waals surface area contributed by atoms with Crippen LogP contribution in [0, 0.1) is 0 Å². The van der Waals surface area contributed by atoms with E-state index in [2.05, 4.69) is 10.6 Å². The summed E-state index contributed by atoms with van der Waals surface area (Å²) in [6.45, 7) is -0.479. The van der Waals surface area contributed by atoms with E-state index in [0.717, 1.165) is 5.56 Å².